The van der Waals surface area contributed by atoms with E-state index in [0.717, 1.165) is 36.5 Å². The molecule has 0 N–H and O–H groups in total. The van der Waals surface area contributed by atoms with Crippen LogP contribution in [0.25, 0.3) is 10.9 Å². The van der Waals surface area contributed by atoms with Gasteiger partial charge in [0.05, 0.1) is 12.6 Å². The molecular formula is C27H35N3O2. The van der Waals surface area contributed by atoms with Crippen LogP contribution in [-0.2, 0) is 11.3 Å². The number of rotatable bonds is 4. The molecule has 6 rings (SSSR count). The Bertz CT molecular complexity index is 1040. The van der Waals surface area contributed by atoms with Gasteiger partial charge in [0, 0.05) is 55.4 Å². The Labute approximate surface area is 191 Å². The summed E-state index contributed by atoms with van der Waals surface area (Å²) in [6.45, 7) is 4.83. The number of amides is 1. The van der Waals surface area contributed by atoms with Crippen molar-refractivity contribution in [2.45, 2.75) is 57.2 Å². The van der Waals surface area contributed by atoms with Crippen LogP contribution in [0.2, 0.25) is 0 Å². The summed E-state index contributed by atoms with van der Waals surface area (Å²) in [6.07, 6.45) is 12.3. The first-order valence-corrected chi connectivity index (χ1v) is 12.6. The number of carbonyl (C=O) groups is 1. The zero-order chi connectivity index (χ0) is 21.7. The Morgan fingerprint density at radius 3 is 3.00 bits per heavy atom. The summed E-state index contributed by atoms with van der Waals surface area (Å²) in [6, 6.07) is 9.40. The van der Waals surface area contributed by atoms with Gasteiger partial charge in [-0.15, -0.1) is 0 Å². The maximum Gasteiger partial charge on any atom is 0.254 e. The normalized spacial score (nSPS) is 30.0. The van der Waals surface area contributed by atoms with Crippen molar-refractivity contribution in [1.29, 1.82) is 0 Å². The second kappa shape index (κ2) is 8.35. The number of nitrogens with zero attached hydrogens (tertiary/aromatic N) is 3. The number of hydrogen-bond acceptors (Lipinski definition) is 3. The lowest BCUT2D eigenvalue weighted by Crippen LogP contribution is -2.60. The van der Waals surface area contributed by atoms with E-state index >= 15 is 0 Å². The largest absolute Gasteiger partial charge is 0.383 e. The molecule has 3 aliphatic heterocycles. The molecule has 170 valence electrons. The van der Waals surface area contributed by atoms with Gasteiger partial charge in [0.15, 0.2) is 0 Å². The van der Waals surface area contributed by atoms with Crippen LogP contribution < -0.4 is 0 Å². The number of likely N-dealkylation sites (tertiary alicyclic amines) is 1. The van der Waals surface area contributed by atoms with E-state index in [0.29, 0.717) is 24.5 Å². The van der Waals surface area contributed by atoms with Crippen molar-refractivity contribution < 1.29 is 9.53 Å². The smallest absolute Gasteiger partial charge is 0.254 e. The molecule has 2 aromatic rings. The number of aromatic nitrogens is 1. The molecule has 0 saturated carbocycles. The molecule has 0 radical (unpaired) electrons. The minimum Gasteiger partial charge on any atom is -0.383 e. The van der Waals surface area contributed by atoms with E-state index < -0.39 is 0 Å². The molecule has 4 aliphatic rings. The van der Waals surface area contributed by atoms with Crippen molar-refractivity contribution in [3.63, 3.8) is 0 Å². The van der Waals surface area contributed by atoms with E-state index in [1.54, 1.807) is 12.7 Å². The van der Waals surface area contributed by atoms with Crippen LogP contribution in [-0.4, -0.2) is 65.7 Å². The molecule has 1 aromatic heterocycles. The van der Waals surface area contributed by atoms with Gasteiger partial charge in [0.1, 0.15) is 0 Å². The summed E-state index contributed by atoms with van der Waals surface area (Å²) in [4.78, 5) is 18.8. The quantitative estimate of drug-likeness (QED) is 0.674. The summed E-state index contributed by atoms with van der Waals surface area (Å²) in [5.74, 6) is 1.52. The van der Waals surface area contributed by atoms with Gasteiger partial charge in [0.2, 0.25) is 0 Å². The van der Waals surface area contributed by atoms with Crippen molar-refractivity contribution in [2.75, 3.05) is 33.4 Å². The highest BCUT2D eigenvalue weighted by Gasteiger charge is 2.46. The molecule has 0 unspecified atom stereocenters. The Hall–Kier alpha value is -2.11. The molecule has 4 atom stereocenters. The van der Waals surface area contributed by atoms with Crippen molar-refractivity contribution >= 4 is 16.8 Å². The monoisotopic (exact) mass is 433 g/mol. The molecule has 2 bridgehead atoms. The second-order valence-electron chi connectivity index (χ2n) is 10.3. The van der Waals surface area contributed by atoms with E-state index in [2.05, 4.69) is 44.8 Å². The van der Waals surface area contributed by atoms with Gasteiger partial charge in [-0.2, -0.15) is 0 Å². The van der Waals surface area contributed by atoms with Crippen molar-refractivity contribution in [3.05, 3.63) is 47.7 Å². The highest BCUT2D eigenvalue weighted by Crippen LogP contribution is 2.45. The van der Waals surface area contributed by atoms with Crippen LogP contribution in [0.4, 0.5) is 0 Å². The number of methoxy groups -OCH3 is 1. The minimum absolute atomic E-state index is 0.214. The average Bonchev–Trinajstić information content (AvgIpc) is 3.24. The highest BCUT2D eigenvalue weighted by molar-refractivity contribution is 5.98. The lowest BCUT2D eigenvalue weighted by molar-refractivity contribution is 0.00148. The van der Waals surface area contributed by atoms with E-state index in [9.17, 15) is 4.79 Å². The molecule has 32 heavy (non-hydrogen) atoms. The molecule has 3 fully saturated rings. The molecule has 0 spiro atoms. The fourth-order valence-corrected chi connectivity index (χ4v) is 7.08. The van der Waals surface area contributed by atoms with Crippen molar-refractivity contribution in [2.24, 2.45) is 11.8 Å². The topological polar surface area (TPSA) is 37.7 Å². The maximum atomic E-state index is 13.8. The Balaban J connectivity index is 1.28. The Morgan fingerprint density at radius 2 is 2.09 bits per heavy atom. The molecule has 4 heterocycles. The van der Waals surface area contributed by atoms with Crippen LogP contribution in [0.5, 0.6) is 0 Å². The third-order valence-electron chi connectivity index (χ3n) is 8.47. The van der Waals surface area contributed by atoms with Gasteiger partial charge in [0.25, 0.3) is 5.91 Å². The maximum absolute atomic E-state index is 13.8. The van der Waals surface area contributed by atoms with Gasteiger partial charge >= 0.3 is 0 Å². The number of benzene rings is 1. The van der Waals surface area contributed by atoms with Gasteiger partial charge in [-0.05, 0) is 74.8 Å². The second-order valence-corrected chi connectivity index (χ2v) is 10.3. The number of piperidine rings is 3. The van der Waals surface area contributed by atoms with Crippen LogP contribution >= 0.6 is 0 Å². The van der Waals surface area contributed by atoms with Crippen LogP contribution in [0.1, 0.15) is 48.9 Å². The number of fused-ring (bicyclic) bond motifs is 7. The molecule has 1 aliphatic carbocycles. The number of hydrogen-bond donors (Lipinski definition) is 0. The minimum atomic E-state index is 0.214. The lowest BCUT2D eigenvalue weighted by Gasteiger charge is -2.54. The third-order valence-corrected chi connectivity index (χ3v) is 8.47. The fourth-order valence-electron chi connectivity index (χ4n) is 7.08. The average molecular weight is 434 g/mol. The van der Waals surface area contributed by atoms with Gasteiger partial charge in [-0.1, -0.05) is 18.1 Å². The van der Waals surface area contributed by atoms with Gasteiger partial charge in [-0.3, -0.25) is 9.69 Å². The zero-order valence-electron chi connectivity index (χ0n) is 19.2. The van der Waals surface area contributed by atoms with Gasteiger partial charge in [-0.25, -0.2) is 0 Å². The first-order valence-electron chi connectivity index (χ1n) is 12.6. The number of carbonyl (C=O) groups excluding carboxylic acids is 1. The Kier molecular flexibility index (Phi) is 5.34. The van der Waals surface area contributed by atoms with Crippen LogP contribution in [0.3, 0.4) is 0 Å². The summed E-state index contributed by atoms with van der Waals surface area (Å²) in [7, 11) is 1.73. The van der Waals surface area contributed by atoms with E-state index in [1.807, 2.05) is 6.07 Å². The third kappa shape index (κ3) is 3.41. The van der Waals surface area contributed by atoms with E-state index in [4.69, 9.17) is 4.74 Å². The summed E-state index contributed by atoms with van der Waals surface area (Å²) >= 11 is 0. The first-order chi connectivity index (χ1) is 15.7. The van der Waals surface area contributed by atoms with Gasteiger partial charge < -0.3 is 14.2 Å². The molecule has 5 nitrogen and oxygen atoms in total. The molecule has 3 saturated heterocycles. The molecule has 1 aromatic carbocycles. The van der Waals surface area contributed by atoms with Crippen LogP contribution in [0.15, 0.2) is 42.1 Å². The van der Waals surface area contributed by atoms with Crippen LogP contribution in [0, 0.1) is 11.8 Å². The standard InChI is InChI=1S/C27H35N3O2/c1-32-14-13-28-12-9-19-15-21(7-8-25(19)28)27(31)30-11-4-5-20-16-22-17-23(26(20)30)18-29-10-3-2-6-24(22)29/h7-9,12,15-16,22-24,26H,2-6,10-11,13-14,17-18H2,1H3/t22-,23+,24+,26+/m0/s1. The summed E-state index contributed by atoms with van der Waals surface area (Å²) in [5, 5.41) is 1.14. The summed E-state index contributed by atoms with van der Waals surface area (Å²) in [5.41, 5.74) is 3.56. The first kappa shape index (κ1) is 20.5. The summed E-state index contributed by atoms with van der Waals surface area (Å²) < 4.78 is 7.43. The van der Waals surface area contributed by atoms with E-state index in [-0.39, 0.29) is 5.91 Å². The molecular weight excluding hydrogens is 398 g/mol. The molecule has 5 heteroatoms. The predicted molar refractivity (Wildman–Crippen MR) is 127 cm³/mol. The zero-order valence-corrected chi connectivity index (χ0v) is 19.2. The number of ether oxygens (including phenoxy) is 1. The SMILES string of the molecule is COCCn1ccc2cc(C(=O)N3CCCC4=C[C@H]5C[C@H](CN6CCCC[C@H]56)[C@@H]43)ccc21. The highest BCUT2D eigenvalue weighted by atomic mass is 16.5. The predicted octanol–water partition coefficient (Wildman–Crippen LogP) is 4.32. The fraction of sp³-hybridized carbons (Fsp3) is 0.593. The van der Waals surface area contributed by atoms with Crippen molar-refractivity contribution in [1.82, 2.24) is 14.4 Å². The lowest BCUT2D eigenvalue weighted by atomic mass is 9.68. The Morgan fingerprint density at radius 1 is 1.16 bits per heavy atom. The molecule has 1 amide bonds. The van der Waals surface area contributed by atoms with E-state index in [1.165, 1.54) is 50.7 Å². The van der Waals surface area contributed by atoms with Crippen molar-refractivity contribution in [3.8, 4) is 0 Å².